The second-order valence-electron chi connectivity index (χ2n) is 3.67. The number of nitrogens with one attached hydrogen (secondary N) is 2. The molecule has 0 radical (unpaired) electrons. The molecule has 0 saturated heterocycles. The van der Waals surface area contributed by atoms with Gasteiger partial charge in [-0.05, 0) is 19.1 Å². The lowest BCUT2D eigenvalue weighted by atomic mass is 10.2. The Bertz CT molecular complexity index is 465. The zero-order valence-electron chi connectivity index (χ0n) is 11.0. The van der Waals surface area contributed by atoms with Gasteiger partial charge in [0.15, 0.2) is 0 Å². The van der Waals surface area contributed by atoms with E-state index in [0.29, 0.717) is 12.2 Å². The van der Waals surface area contributed by atoms with Gasteiger partial charge in [-0.2, -0.15) is 0 Å². The maximum Gasteiger partial charge on any atom is 0.315 e. The lowest BCUT2D eigenvalue weighted by Crippen LogP contribution is -2.42. The Morgan fingerprint density at radius 3 is 2.45 bits per heavy atom. The third-order valence-electron chi connectivity index (χ3n) is 2.11. The topological polar surface area (TPSA) is 84.5 Å². The van der Waals surface area contributed by atoms with Gasteiger partial charge >= 0.3 is 5.97 Å². The summed E-state index contributed by atoms with van der Waals surface area (Å²) in [7, 11) is 0. The molecule has 0 aromatic heterocycles. The molecule has 1 rings (SSSR count). The SMILES string of the molecule is CCOC(=O)CSCC(=O)NNC(=O)c1ccccc1. The number of esters is 1. The molecule has 6 nitrogen and oxygen atoms in total. The average Bonchev–Trinajstić information content (AvgIpc) is 2.46. The Labute approximate surface area is 121 Å². The van der Waals surface area contributed by atoms with Crippen LogP contribution in [0.15, 0.2) is 30.3 Å². The van der Waals surface area contributed by atoms with E-state index in [4.69, 9.17) is 4.74 Å². The molecule has 1 aromatic carbocycles. The van der Waals surface area contributed by atoms with Crippen LogP contribution < -0.4 is 10.9 Å². The van der Waals surface area contributed by atoms with Crippen LogP contribution in [-0.4, -0.2) is 35.9 Å². The second-order valence-corrected chi connectivity index (χ2v) is 4.65. The van der Waals surface area contributed by atoms with Gasteiger partial charge in [-0.25, -0.2) is 0 Å². The van der Waals surface area contributed by atoms with Crippen molar-refractivity contribution >= 4 is 29.5 Å². The van der Waals surface area contributed by atoms with E-state index < -0.39 is 5.91 Å². The quantitative estimate of drug-likeness (QED) is 0.597. The fourth-order valence-electron chi connectivity index (χ4n) is 1.25. The van der Waals surface area contributed by atoms with Crippen molar-refractivity contribution in [1.82, 2.24) is 10.9 Å². The summed E-state index contributed by atoms with van der Waals surface area (Å²) in [5.74, 6) is -0.974. The Morgan fingerprint density at radius 1 is 1.10 bits per heavy atom. The monoisotopic (exact) mass is 296 g/mol. The number of rotatable bonds is 6. The molecule has 2 amide bonds. The van der Waals surface area contributed by atoms with Crippen LogP contribution in [0.2, 0.25) is 0 Å². The van der Waals surface area contributed by atoms with E-state index in [9.17, 15) is 14.4 Å². The summed E-state index contributed by atoms with van der Waals surface area (Å²) < 4.78 is 4.72. The van der Waals surface area contributed by atoms with Crippen molar-refractivity contribution in [2.75, 3.05) is 18.1 Å². The molecule has 7 heteroatoms. The minimum atomic E-state index is -0.394. The van der Waals surface area contributed by atoms with E-state index in [1.54, 1.807) is 37.3 Å². The van der Waals surface area contributed by atoms with E-state index in [1.807, 2.05) is 0 Å². The highest BCUT2D eigenvalue weighted by Gasteiger charge is 2.08. The number of carbonyl (C=O) groups is 3. The molecule has 0 fully saturated rings. The van der Waals surface area contributed by atoms with Crippen LogP contribution in [0.25, 0.3) is 0 Å². The highest BCUT2D eigenvalue weighted by Crippen LogP contribution is 2.00. The number of benzene rings is 1. The molecule has 1 aromatic rings. The van der Waals surface area contributed by atoms with Crippen LogP contribution >= 0.6 is 11.8 Å². The lowest BCUT2D eigenvalue weighted by molar-refractivity contribution is -0.139. The first-order valence-corrected chi connectivity index (χ1v) is 7.16. The van der Waals surface area contributed by atoms with Gasteiger partial charge in [-0.15, -0.1) is 11.8 Å². The maximum absolute atomic E-state index is 11.6. The van der Waals surface area contributed by atoms with E-state index >= 15 is 0 Å². The third kappa shape index (κ3) is 6.24. The van der Waals surface area contributed by atoms with Gasteiger partial charge in [0.05, 0.1) is 18.1 Å². The smallest absolute Gasteiger partial charge is 0.315 e. The first-order chi connectivity index (χ1) is 9.63. The lowest BCUT2D eigenvalue weighted by Gasteiger charge is -2.07. The van der Waals surface area contributed by atoms with E-state index in [0.717, 1.165) is 11.8 Å². The van der Waals surface area contributed by atoms with Crippen LogP contribution in [0.5, 0.6) is 0 Å². The summed E-state index contributed by atoms with van der Waals surface area (Å²) in [6.45, 7) is 2.03. The predicted octanol–water partition coefficient (Wildman–Crippen LogP) is 0.744. The molecule has 0 aliphatic heterocycles. The minimum Gasteiger partial charge on any atom is -0.465 e. The van der Waals surface area contributed by atoms with Crippen LogP contribution in [0.4, 0.5) is 0 Å². The molecule has 2 N–H and O–H groups in total. The van der Waals surface area contributed by atoms with Gasteiger partial charge < -0.3 is 4.74 Å². The van der Waals surface area contributed by atoms with Gasteiger partial charge in [0.2, 0.25) is 5.91 Å². The zero-order chi connectivity index (χ0) is 14.8. The number of amides is 2. The van der Waals surface area contributed by atoms with Crippen LogP contribution in [0.3, 0.4) is 0 Å². The molecule has 0 aliphatic carbocycles. The van der Waals surface area contributed by atoms with Crippen molar-refractivity contribution in [2.45, 2.75) is 6.92 Å². The molecule has 0 spiro atoms. The summed E-state index contributed by atoms with van der Waals surface area (Å²) in [4.78, 5) is 34.1. The molecule has 20 heavy (non-hydrogen) atoms. The number of hydrazine groups is 1. The van der Waals surface area contributed by atoms with E-state index in [-0.39, 0.29) is 23.4 Å². The van der Waals surface area contributed by atoms with Crippen LogP contribution in [0, 0.1) is 0 Å². The molecular formula is C13H16N2O4S. The summed E-state index contributed by atoms with van der Waals surface area (Å²) in [6.07, 6.45) is 0. The summed E-state index contributed by atoms with van der Waals surface area (Å²) in [5, 5.41) is 0. The zero-order valence-corrected chi connectivity index (χ0v) is 11.9. The van der Waals surface area contributed by atoms with Gasteiger partial charge in [0.25, 0.3) is 5.91 Å². The van der Waals surface area contributed by atoms with Gasteiger partial charge in [0.1, 0.15) is 0 Å². The van der Waals surface area contributed by atoms with Crippen molar-refractivity contribution in [1.29, 1.82) is 0 Å². The Hall–Kier alpha value is -2.02. The summed E-state index contributed by atoms with van der Waals surface area (Å²) in [6, 6.07) is 8.52. The van der Waals surface area contributed by atoms with Crippen LogP contribution in [-0.2, 0) is 14.3 Å². The number of carbonyl (C=O) groups excluding carboxylic acids is 3. The van der Waals surface area contributed by atoms with E-state index in [1.165, 1.54) is 0 Å². The third-order valence-corrected chi connectivity index (χ3v) is 3.02. The minimum absolute atomic E-state index is 0.0634. The first kappa shape index (κ1) is 16.0. The molecule has 0 unspecified atom stereocenters. The van der Waals surface area contributed by atoms with Gasteiger partial charge in [-0.1, -0.05) is 18.2 Å². The van der Waals surface area contributed by atoms with Crippen molar-refractivity contribution in [3.05, 3.63) is 35.9 Å². The van der Waals surface area contributed by atoms with Crippen molar-refractivity contribution in [2.24, 2.45) is 0 Å². The Kier molecular flexibility index (Phi) is 7.20. The molecular weight excluding hydrogens is 280 g/mol. The normalized spacial score (nSPS) is 9.65. The summed E-state index contributed by atoms with van der Waals surface area (Å²) in [5.41, 5.74) is 5.02. The first-order valence-electron chi connectivity index (χ1n) is 6.01. The van der Waals surface area contributed by atoms with Gasteiger partial charge in [-0.3, -0.25) is 25.2 Å². The molecule has 0 bridgehead atoms. The second kappa shape index (κ2) is 8.98. The largest absolute Gasteiger partial charge is 0.465 e. The number of hydrogen-bond donors (Lipinski definition) is 2. The molecule has 0 aliphatic rings. The van der Waals surface area contributed by atoms with Crippen molar-refractivity contribution < 1.29 is 19.1 Å². The highest BCUT2D eigenvalue weighted by molar-refractivity contribution is 8.00. The number of thioether (sulfide) groups is 1. The van der Waals surface area contributed by atoms with Gasteiger partial charge in [0, 0.05) is 5.56 Å². The fraction of sp³-hybridized carbons (Fsp3) is 0.308. The maximum atomic E-state index is 11.6. The number of hydrogen-bond acceptors (Lipinski definition) is 5. The molecule has 0 heterocycles. The standard InChI is InChI=1S/C13H16N2O4S/c1-2-19-12(17)9-20-8-11(16)14-15-13(18)10-6-4-3-5-7-10/h3-7H,2,8-9H2,1H3,(H,14,16)(H,15,18). The molecule has 108 valence electrons. The number of ether oxygens (including phenoxy) is 1. The summed E-state index contributed by atoms with van der Waals surface area (Å²) >= 11 is 1.12. The highest BCUT2D eigenvalue weighted by atomic mass is 32.2. The van der Waals surface area contributed by atoms with E-state index in [2.05, 4.69) is 10.9 Å². The Morgan fingerprint density at radius 2 is 1.80 bits per heavy atom. The molecule has 0 atom stereocenters. The van der Waals surface area contributed by atoms with Crippen molar-refractivity contribution in [3.63, 3.8) is 0 Å². The van der Waals surface area contributed by atoms with Crippen molar-refractivity contribution in [3.8, 4) is 0 Å². The molecule has 0 saturated carbocycles. The average molecular weight is 296 g/mol. The van der Waals surface area contributed by atoms with Crippen LogP contribution in [0.1, 0.15) is 17.3 Å². The Balaban J connectivity index is 2.20. The predicted molar refractivity (Wildman–Crippen MR) is 76.0 cm³/mol. The fourth-order valence-corrected chi connectivity index (χ4v) is 1.86.